The number of benzene rings is 7. The third-order valence-electron chi connectivity index (χ3n) is 10.6. The molecule has 9 aromatic rings. The van der Waals surface area contributed by atoms with Crippen molar-refractivity contribution in [3.05, 3.63) is 192 Å². The van der Waals surface area contributed by atoms with E-state index in [-0.39, 0.29) is 0 Å². The van der Waals surface area contributed by atoms with Crippen molar-refractivity contribution >= 4 is 21.8 Å². The summed E-state index contributed by atoms with van der Waals surface area (Å²) in [4.78, 5) is 14.8. The predicted octanol–water partition coefficient (Wildman–Crippen LogP) is 12.3. The number of rotatable bonds is 8. The number of fused-ring (bicyclic) bond motifs is 3. The maximum atomic E-state index is 4.97. The molecule has 0 aliphatic heterocycles. The first-order valence-electron chi connectivity index (χ1n) is 18.7. The first-order chi connectivity index (χ1) is 26.5. The smallest absolute Gasteiger partial charge is 0.163 e. The van der Waals surface area contributed by atoms with Crippen LogP contribution in [-0.4, -0.2) is 19.5 Å². The molecular formula is C50H40N4. The third-order valence-corrected chi connectivity index (χ3v) is 10.6. The molecule has 0 saturated carbocycles. The van der Waals surface area contributed by atoms with Crippen LogP contribution in [0.1, 0.15) is 28.1 Å². The van der Waals surface area contributed by atoms with Gasteiger partial charge in [-0.2, -0.15) is 0 Å². The van der Waals surface area contributed by atoms with Crippen molar-refractivity contribution in [2.75, 3.05) is 0 Å². The Balaban J connectivity index is 1.06. The van der Waals surface area contributed by atoms with Crippen LogP contribution in [0, 0.1) is 20.8 Å². The summed E-state index contributed by atoms with van der Waals surface area (Å²) in [6, 6.07) is 58.2. The molecule has 0 spiro atoms. The van der Waals surface area contributed by atoms with Gasteiger partial charge in [0, 0.05) is 34.0 Å². The van der Waals surface area contributed by atoms with Gasteiger partial charge in [0.25, 0.3) is 0 Å². The lowest BCUT2D eigenvalue weighted by Crippen LogP contribution is -2.05. The van der Waals surface area contributed by atoms with E-state index in [1.807, 2.05) is 36.4 Å². The summed E-state index contributed by atoms with van der Waals surface area (Å²) in [5.74, 6) is 2.19. The summed E-state index contributed by atoms with van der Waals surface area (Å²) >= 11 is 0. The average Bonchev–Trinajstić information content (AvgIpc) is 3.55. The summed E-state index contributed by atoms with van der Waals surface area (Å²) in [6.45, 7) is 6.70. The second-order valence-corrected chi connectivity index (χ2v) is 14.1. The zero-order valence-corrected chi connectivity index (χ0v) is 30.8. The van der Waals surface area contributed by atoms with Crippen molar-refractivity contribution in [1.82, 2.24) is 19.5 Å². The Kier molecular flexibility index (Phi) is 8.64. The van der Waals surface area contributed by atoms with Crippen molar-refractivity contribution in [2.24, 2.45) is 0 Å². The minimum atomic E-state index is 0.695. The largest absolute Gasteiger partial charge is 0.309 e. The van der Waals surface area contributed by atoms with Crippen LogP contribution in [0.3, 0.4) is 0 Å². The minimum absolute atomic E-state index is 0.695. The SMILES string of the molecule is Cc1cc(-n2c3ccccc3c3ccccc32)ccc1-c1cc(-c2ccccc2CCc2nc(-c3ccccc3)nc(-c3ccccc3)n2)c(C)cc1C. The molecule has 0 amide bonds. The fraction of sp³-hybridized carbons (Fsp3) is 0.100. The molecule has 0 radical (unpaired) electrons. The molecule has 0 aliphatic rings. The number of para-hydroxylation sites is 2. The standard InChI is InChI=1S/C50H40N4/c1-33-30-34(2)45(32-44(33)40-28-27-39(31-35(40)3)54-46-24-14-12-22-42(46)43-23-13-15-25-47(43)54)41-21-11-10-16-36(41)26-29-48-51-49(37-17-6-4-7-18-37)53-50(52-48)38-19-8-5-9-20-38/h4-25,27-28,30-32H,26,29H2,1-3H3. The topological polar surface area (TPSA) is 43.6 Å². The van der Waals surface area contributed by atoms with Crippen molar-refractivity contribution in [3.8, 4) is 50.7 Å². The van der Waals surface area contributed by atoms with Gasteiger partial charge in [-0.05, 0) is 102 Å². The maximum absolute atomic E-state index is 4.97. The second-order valence-electron chi connectivity index (χ2n) is 14.1. The molecule has 0 bridgehead atoms. The predicted molar refractivity (Wildman–Crippen MR) is 224 cm³/mol. The molecule has 2 aromatic heterocycles. The zero-order chi connectivity index (χ0) is 36.6. The van der Waals surface area contributed by atoms with E-state index in [1.54, 1.807) is 0 Å². The highest BCUT2D eigenvalue weighted by atomic mass is 15.0. The highest BCUT2D eigenvalue weighted by Gasteiger charge is 2.17. The lowest BCUT2D eigenvalue weighted by molar-refractivity contribution is 0.845. The van der Waals surface area contributed by atoms with Gasteiger partial charge in [0.2, 0.25) is 0 Å². The van der Waals surface area contributed by atoms with E-state index in [4.69, 9.17) is 15.0 Å². The van der Waals surface area contributed by atoms with Gasteiger partial charge in [0.1, 0.15) is 5.82 Å². The first kappa shape index (κ1) is 33.2. The molecule has 0 aliphatic carbocycles. The molecule has 0 unspecified atom stereocenters. The van der Waals surface area contributed by atoms with Crippen molar-refractivity contribution in [2.45, 2.75) is 33.6 Å². The van der Waals surface area contributed by atoms with Crippen LogP contribution in [0.25, 0.3) is 72.5 Å². The van der Waals surface area contributed by atoms with E-state index in [0.717, 1.165) is 23.4 Å². The molecule has 9 rings (SSSR count). The monoisotopic (exact) mass is 696 g/mol. The molecule has 0 atom stereocenters. The molecule has 0 fully saturated rings. The van der Waals surface area contributed by atoms with Gasteiger partial charge in [-0.3, -0.25) is 0 Å². The van der Waals surface area contributed by atoms with Crippen LogP contribution >= 0.6 is 0 Å². The molecule has 4 nitrogen and oxygen atoms in total. The van der Waals surface area contributed by atoms with Gasteiger partial charge in [-0.15, -0.1) is 0 Å². The third kappa shape index (κ3) is 6.16. The van der Waals surface area contributed by atoms with Gasteiger partial charge in [0.15, 0.2) is 11.6 Å². The number of hydrogen-bond acceptors (Lipinski definition) is 3. The van der Waals surface area contributed by atoms with Crippen molar-refractivity contribution < 1.29 is 0 Å². The van der Waals surface area contributed by atoms with Crippen LogP contribution in [0.5, 0.6) is 0 Å². The van der Waals surface area contributed by atoms with Gasteiger partial charge in [-0.25, -0.2) is 15.0 Å². The Morgan fingerprint density at radius 2 is 0.926 bits per heavy atom. The number of hydrogen-bond donors (Lipinski definition) is 0. The minimum Gasteiger partial charge on any atom is -0.309 e. The van der Waals surface area contributed by atoms with E-state index in [0.29, 0.717) is 18.1 Å². The molecule has 54 heavy (non-hydrogen) atoms. The van der Waals surface area contributed by atoms with Crippen LogP contribution < -0.4 is 0 Å². The van der Waals surface area contributed by atoms with E-state index in [9.17, 15) is 0 Å². The van der Waals surface area contributed by atoms with Crippen LogP contribution in [0.15, 0.2) is 164 Å². The zero-order valence-electron chi connectivity index (χ0n) is 30.8. The van der Waals surface area contributed by atoms with Gasteiger partial charge in [0.05, 0.1) is 11.0 Å². The molecule has 2 heterocycles. The van der Waals surface area contributed by atoms with Crippen LogP contribution in [0.4, 0.5) is 0 Å². The number of aromatic nitrogens is 4. The summed E-state index contributed by atoms with van der Waals surface area (Å²) in [6.07, 6.45) is 1.50. The van der Waals surface area contributed by atoms with Gasteiger partial charge >= 0.3 is 0 Å². The Morgan fingerprint density at radius 3 is 1.54 bits per heavy atom. The summed E-state index contributed by atoms with van der Waals surface area (Å²) in [5, 5.41) is 2.55. The van der Waals surface area contributed by atoms with Gasteiger partial charge < -0.3 is 4.57 Å². The Bertz CT molecular complexity index is 2690. The average molecular weight is 697 g/mol. The summed E-state index contributed by atoms with van der Waals surface area (Å²) in [7, 11) is 0. The lowest BCUT2D eigenvalue weighted by atomic mass is 9.87. The highest BCUT2D eigenvalue weighted by molar-refractivity contribution is 6.09. The Labute approximate surface area is 316 Å². The van der Waals surface area contributed by atoms with Crippen LogP contribution in [-0.2, 0) is 12.8 Å². The first-order valence-corrected chi connectivity index (χ1v) is 18.7. The maximum Gasteiger partial charge on any atom is 0.163 e. The van der Waals surface area contributed by atoms with E-state index in [2.05, 4.69) is 153 Å². The highest BCUT2D eigenvalue weighted by Crippen LogP contribution is 2.38. The Morgan fingerprint density at radius 1 is 0.407 bits per heavy atom. The summed E-state index contributed by atoms with van der Waals surface area (Å²) in [5.41, 5.74) is 15.7. The Hall–Kier alpha value is -6.65. The molecule has 0 N–H and O–H groups in total. The fourth-order valence-electron chi connectivity index (χ4n) is 7.93. The normalized spacial score (nSPS) is 11.4. The lowest BCUT2D eigenvalue weighted by Gasteiger charge is -2.18. The van der Waals surface area contributed by atoms with Crippen molar-refractivity contribution in [1.29, 1.82) is 0 Å². The van der Waals surface area contributed by atoms with E-state index in [1.165, 1.54) is 72.0 Å². The molecule has 4 heteroatoms. The second kappa shape index (κ2) is 14.1. The molecule has 260 valence electrons. The van der Waals surface area contributed by atoms with Crippen LogP contribution in [0.2, 0.25) is 0 Å². The molecule has 7 aromatic carbocycles. The number of nitrogens with zero attached hydrogens (tertiary/aromatic N) is 4. The summed E-state index contributed by atoms with van der Waals surface area (Å²) < 4.78 is 2.39. The van der Waals surface area contributed by atoms with E-state index < -0.39 is 0 Å². The molecular weight excluding hydrogens is 657 g/mol. The number of aryl methyl sites for hydroxylation is 5. The fourth-order valence-corrected chi connectivity index (χ4v) is 7.93. The van der Waals surface area contributed by atoms with Crippen molar-refractivity contribution in [3.63, 3.8) is 0 Å². The van der Waals surface area contributed by atoms with Gasteiger partial charge in [-0.1, -0.05) is 133 Å². The van der Waals surface area contributed by atoms with E-state index >= 15 is 0 Å². The molecule has 0 saturated heterocycles. The quantitative estimate of drug-likeness (QED) is 0.159.